The van der Waals surface area contributed by atoms with Gasteiger partial charge < -0.3 is 9.99 Å². The van der Waals surface area contributed by atoms with Crippen LogP contribution < -0.4 is 21.6 Å². The molecular weight excluding hydrogens is 474 g/mol. The maximum absolute atomic E-state index is 13.4. The van der Waals surface area contributed by atoms with Gasteiger partial charge in [-0.3, -0.25) is 25.2 Å². The van der Waals surface area contributed by atoms with Crippen molar-refractivity contribution in [2.75, 3.05) is 18.1 Å². The molecule has 3 heterocycles. The summed E-state index contributed by atoms with van der Waals surface area (Å²) < 4.78 is 1.16. The van der Waals surface area contributed by atoms with Gasteiger partial charge in [-0.15, -0.1) is 5.92 Å². The molecule has 37 heavy (non-hydrogen) atoms. The summed E-state index contributed by atoms with van der Waals surface area (Å²) in [5, 5.41) is 18.3. The number of nitro groups is 1. The zero-order chi connectivity index (χ0) is 26.2. The highest BCUT2D eigenvalue weighted by Crippen LogP contribution is 2.33. The minimum Gasteiger partial charge on any atom is -0.339 e. The Labute approximate surface area is 211 Å². The van der Waals surface area contributed by atoms with Gasteiger partial charge in [-0.25, -0.2) is 9.78 Å². The van der Waals surface area contributed by atoms with Gasteiger partial charge in [0.25, 0.3) is 5.69 Å². The third-order valence-corrected chi connectivity index (χ3v) is 7.26. The summed E-state index contributed by atoms with van der Waals surface area (Å²) in [5.74, 6) is 5.95. The largest absolute Gasteiger partial charge is 0.349 e. The predicted octanol–water partition coefficient (Wildman–Crippen LogP) is 2.19. The van der Waals surface area contributed by atoms with Crippen molar-refractivity contribution in [1.82, 2.24) is 24.9 Å². The highest BCUT2D eigenvalue weighted by molar-refractivity contribution is 5.93. The number of non-ortho nitro benzene ring substituents is 1. The van der Waals surface area contributed by atoms with Crippen molar-refractivity contribution < 1.29 is 4.92 Å². The van der Waals surface area contributed by atoms with E-state index >= 15 is 0 Å². The fourth-order valence-electron chi connectivity index (χ4n) is 5.40. The summed E-state index contributed by atoms with van der Waals surface area (Å²) in [6.45, 7) is 4.78. The van der Waals surface area contributed by atoms with E-state index in [2.05, 4.69) is 39.0 Å². The second kappa shape index (κ2) is 9.55. The number of hydrogen-bond acceptors (Lipinski definition) is 7. The lowest BCUT2D eigenvalue weighted by atomic mass is 9.79. The van der Waals surface area contributed by atoms with Crippen LogP contribution in [0.4, 0.5) is 5.69 Å². The number of fused-ring (bicyclic) bond motifs is 2. The molecule has 0 saturated carbocycles. The number of nitrogens with zero attached hydrogens (tertiary/aromatic N) is 4. The van der Waals surface area contributed by atoms with Gasteiger partial charge in [0, 0.05) is 18.2 Å². The van der Waals surface area contributed by atoms with E-state index in [4.69, 9.17) is 0 Å². The van der Waals surface area contributed by atoms with Gasteiger partial charge in [-0.1, -0.05) is 30.2 Å². The van der Waals surface area contributed by atoms with Crippen molar-refractivity contribution in [1.29, 1.82) is 0 Å². The molecule has 11 nitrogen and oxygen atoms in total. The van der Waals surface area contributed by atoms with Crippen LogP contribution in [-0.4, -0.2) is 49.2 Å². The summed E-state index contributed by atoms with van der Waals surface area (Å²) in [7, 11) is 0. The van der Waals surface area contributed by atoms with E-state index in [1.807, 2.05) is 17.1 Å². The number of aromatic nitrogens is 4. The Balaban J connectivity index is 1.66. The Kier molecular flexibility index (Phi) is 6.27. The summed E-state index contributed by atoms with van der Waals surface area (Å²) in [5.41, 5.74) is -0.208. The van der Waals surface area contributed by atoms with Gasteiger partial charge in [-0.2, -0.15) is 4.68 Å². The number of H-pyrrole nitrogens is 2. The normalized spacial score (nSPS) is 19.6. The van der Waals surface area contributed by atoms with E-state index in [0.717, 1.165) is 28.5 Å². The molecule has 1 aliphatic rings. The maximum Gasteiger partial charge on any atom is 0.349 e. The molecule has 0 radical (unpaired) electrons. The number of hydrogen-bond donors (Lipinski definition) is 3. The summed E-state index contributed by atoms with van der Waals surface area (Å²) in [6.07, 6.45) is 3.35. The lowest BCUT2D eigenvalue weighted by Crippen LogP contribution is -2.69. The molecule has 2 aromatic carbocycles. The Morgan fingerprint density at radius 3 is 2.78 bits per heavy atom. The lowest BCUT2D eigenvalue weighted by molar-refractivity contribution is -0.383. The Bertz CT molecular complexity index is 1680. The number of nitrogens with one attached hydrogen (secondary N) is 3. The van der Waals surface area contributed by atoms with Crippen LogP contribution in [0.5, 0.6) is 0 Å². The molecule has 3 N–H and O–H groups in total. The van der Waals surface area contributed by atoms with Crippen LogP contribution in [0.2, 0.25) is 0 Å². The average molecular weight is 502 g/mol. The number of imidazole rings is 1. The molecule has 2 atom stereocenters. The van der Waals surface area contributed by atoms with Crippen molar-refractivity contribution in [2.24, 2.45) is 0 Å². The first-order valence-electron chi connectivity index (χ1n) is 12.1. The Morgan fingerprint density at radius 2 is 2.03 bits per heavy atom. The summed E-state index contributed by atoms with van der Waals surface area (Å²) >= 11 is 0. The van der Waals surface area contributed by atoms with E-state index in [1.54, 1.807) is 25.1 Å². The van der Waals surface area contributed by atoms with Crippen molar-refractivity contribution in [3.05, 3.63) is 79.2 Å². The van der Waals surface area contributed by atoms with Gasteiger partial charge in [0.2, 0.25) is 0 Å². The highest BCUT2D eigenvalue weighted by Gasteiger charge is 2.42. The first kappa shape index (κ1) is 24.3. The number of piperidine rings is 1. The van der Waals surface area contributed by atoms with Gasteiger partial charge in [-0.05, 0) is 50.1 Å². The molecule has 4 aromatic rings. The topological polar surface area (TPSA) is 142 Å². The van der Waals surface area contributed by atoms with E-state index in [1.165, 1.54) is 12.4 Å². The molecule has 0 aliphatic carbocycles. The van der Waals surface area contributed by atoms with Crippen molar-refractivity contribution in [2.45, 2.75) is 44.7 Å². The number of rotatable bonds is 6. The van der Waals surface area contributed by atoms with Crippen LogP contribution in [0.15, 0.2) is 52.3 Å². The maximum atomic E-state index is 13.4. The van der Waals surface area contributed by atoms with Crippen LogP contribution in [0.25, 0.3) is 21.9 Å². The monoisotopic (exact) mass is 501 g/mol. The fourth-order valence-corrected chi connectivity index (χ4v) is 5.40. The Hall–Kier alpha value is -4.43. The van der Waals surface area contributed by atoms with E-state index in [0.29, 0.717) is 24.9 Å². The average Bonchev–Trinajstić information content (AvgIpc) is 3.35. The zero-order valence-corrected chi connectivity index (χ0v) is 20.6. The second-order valence-electron chi connectivity index (χ2n) is 9.40. The minimum atomic E-state index is -0.569. The molecule has 190 valence electrons. The van der Waals surface area contributed by atoms with Gasteiger partial charge in [0.15, 0.2) is 11.2 Å². The van der Waals surface area contributed by atoms with Gasteiger partial charge in [0.1, 0.15) is 0 Å². The molecule has 0 amide bonds. The van der Waals surface area contributed by atoms with Crippen molar-refractivity contribution >= 4 is 27.6 Å². The summed E-state index contributed by atoms with van der Waals surface area (Å²) in [6, 6.07) is 10.2. The van der Waals surface area contributed by atoms with Crippen LogP contribution in [0.3, 0.4) is 0 Å². The molecule has 1 unspecified atom stereocenters. The van der Waals surface area contributed by atoms with E-state index in [-0.39, 0.29) is 27.8 Å². The lowest BCUT2D eigenvalue weighted by Gasteiger charge is -2.49. The van der Waals surface area contributed by atoms with Crippen molar-refractivity contribution in [3.8, 4) is 11.8 Å². The number of nitro benzene ring substituents is 1. The summed E-state index contributed by atoms with van der Waals surface area (Å²) in [4.78, 5) is 47.4. The molecule has 1 fully saturated rings. The third-order valence-electron chi connectivity index (χ3n) is 7.26. The van der Waals surface area contributed by atoms with Crippen LogP contribution >= 0.6 is 0 Å². The quantitative estimate of drug-likeness (QED) is 0.209. The molecule has 5 rings (SSSR count). The van der Waals surface area contributed by atoms with Crippen LogP contribution in [0.1, 0.15) is 32.3 Å². The van der Waals surface area contributed by atoms with Crippen LogP contribution in [-0.2, 0) is 6.42 Å². The minimum absolute atomic E-state index is 0.0383. The fraction of sp³-hybridized carbons (Fsp3) is 0.346. The zero-order valence-electron chi connectivity index (χ0n) is 20.6. The molecule has 11 heteroatoms. The second-order valence-corrected chi connectivity index (χ2v) is 9.40. The molecule has 0 spiro atoms. The standard InChI is InChI=1S/C26H27N7O4/c1-3-4-13-29-26(2)12-7-14-31(32-24(34)22-23(28-16-27-22)30-25(32)35)21(26)15-17-10-11-20(33(36)37)19-9-6-5-8-18(17)19/h5-6,8-11,16,21,29H,7,12-15H2,1-2H3,(H,27,28)(H,30,35)/t21?,26-/m1/s1. The first-order chi connectivity index (χ1) is 17.8. The van der Waals surface area contributed by atoms with Crippen molar-refractivity contribution in [3.63, 3.8) is 0 Å². The molecule has 1 aliphatic heterocycles. The molecule has 1 saturated heterocycles. The molecule has 2 aromatic heterocycles. The molecular formula is C26H27N7O4. The predicted molar refractivity (Wildman–Crippen MR) is 141 cm³/mol. The SMILES string of the molecule is CC#CCN[C@]1(C)CCCN(n2c(=O)[nH]c3nc[nH]c3c2=O)C1Cc1ccc([N+](=O)[O-])c2ccccc12. The smallest absolute Gasteiger partial charge is 0.339 e. The highest BCUT2D eigenvalue weighted by atomic mass is 16.6. The third kappa shape index (κ3) is 4.25. The molecule has 0 bridgehead atoms. The van der Waals surface area contributed by atoms with E-state index in [9.17, 15) is 19.7 Å². The Morgan fingerprint density at radius 1 is 1.24 bits per heavy atom. The van der Waals surface area contributed by atoms with Crippen LogP contribution in [0, 0.1) is 22.0 Å². The number of benzene rings is 2. The van der Waals surface area contributed by atoms with Gasteiger partial charge >= 0.3 is 11.2 Å². The number of aromatic amines is 2. The first-order valence-corrected chi connectivity index (χ1v) is 12.1. The van der Waals surface area contributed by atoms with E-state index < -0.39 is 16.8 Å². The van der Waals surface area contributed by atoms with Gasteiger partial charge in [0.05, 0.1) is 29.2 Å².